The van der Waals surface area contributed by atoms with E-state index in [0.717, 1.165) is 5.92 Å². The van der Waals surface area contributed by atoms with Gasteiger partial charge in [0.2, 0.25) is 0 Å². The van der Waals surface area contributed by atoms with Gasteiger partial charge in [0.1, 0.15) is 0 Å². The lowest BCUT2D eigenvalue weighted by Crippen LogP contribution is -2.36. The maximum absolute atomic E-state index is 2.44. The van der Waals surface area contributed by atoms with Crippen LogP contribution in [0.2, 0.25) is 0 Å². The minimum atomic E-state index is 0.906. The number of hydrogen-bond acceptors (Lipinski definition) is 2. The SMILES string of the molecule is CC.CN(C)CC1CCCN(C)C1. The van der Waals surface area contributed by atoms with Crippen LogP contribution in [-0.2, 0) is 0 Å². The van der Waals surface area contributed by atoms with Crippen LogP contribution in [0, 0.1) is 5.92 Å². The molecule has 0 aromatic rings. The number of hydrogen-bond donors (Lipinski definition) is 0. The van der Waals surface area contributed by atoms with Gasteiger partial charge in [-0.05, 0) is 46.4 Å². The molecule has 0 aromatic carbocycles. The predicted octanol–water partition coefficient (Wildman–Crippen LogP) is 1.92. The molecule has 1 aliphatic heterocycles. The van der Waals surface area contributed by atoms with E-state index >= 15 is 0 Å². The standard InChI is InChI=1S/C9H20N2.C2H6/c1-10(2)7-9-5-4-6-11(3)8-9;1-2/h9H,4-8H2,1-3H3;1-2H3. The topological polar surface area (TPSA) is 6.48 Å². The number of piperidine rings is 1. The lowest BCUT2D eigenvalue weighted by molar-refractivity contribution is 0.178. The van der Waals surface area contributed by atoms with E-state index in [1.807, 2.05) is 13.8 Å². The summed E-state index contributed by atoms with van der Waals surface area (Å²) in [5, 5.41) is 0. The van der Waals surface area contributed by atoms with E-state index in [1.165, 1.54) is 32.5 Å². The summed E-state index contributed by atoms with van der Waals surface area (Å²) in [6, 6.07) is 0. The molecule has 0 amide bonds. The van der Waals surface area contributed by atoms with Crippen molar-refractivity contribution in [1.29, 1.82) is 0 Å². The van der Waals surface area contributed by atoms with Gasteiger partial charge in [-0.3, -0.25) is 0 Å². The van der Waals surface area contributed by atoms with Crippen LogP contribution in [0.25, 0.3) is 0 Å². The van der Waals surface area contributed by atoms with Crippen molar-refractivity contribution in [2.24, 2.45) is 5.92 Å². The monoisotopic (exact) mass is 186 g/mol. The average molecular weight is 186 g/mol. The molecule has 13 heavy (non-hydrogen) atoms. The van der Waals surface area contributed by atoms with Gasteiger partial charge in [-0.15, -0.1) is 0 Å². The highest BCUT2D eigenvalue weighted by Gasteiger charge is 2.16. The van der Waals surface area contributed by atoms with Crippen molar-refractivity contribution in [2.75, 3.05) is 40.8 Å². The van der Waals surface area contributed by atoms with Gasteiger partial charge in [-0.25, -0.2) is 0 Å². The molecule has 0 aromatic heterocycles. The first kappa shape index (κ1) is 12.9. The second-order valence-corrected chi connectivity index (χ2v) is 4.03. The van der Waals surface area contributed by atoms with Crippen molar-refractivity contribution >= 4 is 0 Å². The molecule has 0 spiro atoms. The molecule has 0 radical (unpaired) electrons. The minimum Gasteiger partial charge on any atom is -0.309 e. The zero-order valence-electron chi connectivity index (χ0n) is 10.0. The van der Waals surface area contributed by atoms with E-state index in [1.54, 1.807) is 0 Å². The minimum absolute atomic E-state index is 0.906. The maximum atomic E-state index is 2.44. The first-order valence-corrected chi connectivity index (χ1v) is 5.52. The van der Waals surface area contributed by atoms with Crippen molar-refractivity contribution in [1.82, 2.24) is 9.80 Å². The second-order valence-electron chi connectivity index (χ2n) is 4.03. The quantitative estimate of drug-likeness (QED) is 0.650. The highest BCUT2D eigenvalue weighted by molar-refractivity contribution is 4.71. The summed E-state index contributed by atoms with van der Waals surface area (Å²) in [7, 11) is 6.55. The van der Waals surface area contributed by atoms with Crippen molar-refractivity contribution in [3.63, 3.8) is 0 Å². The van der Waals surface area contributed by atoms with E-state index in [9.17, 15) is 0 Å². The van der Waals surface area contributed by atoms with Gasteiger partial charge in [-0.2, -0.15) is 0 Å². The zero-order chi connectivity index (χ0) is 10.3. The summed E-state index contributed by atoms with van der Waals surface area (Å²) in [4.78, 5) is 4.74. The summed E-state index contributed by atoms with van der Waals surface area (Å²) in [6.45, 7) is 7.84. The van der Waals surface area contributed by atoms with Crippen molar-refractivity contribution in [3.05, 3.63) is 0 Å². The van der Waals surface area contributed by atoms with E-state index in [2.05, 4.69) is 30.9 Å². The molecule has 1 aliphatic rings. The van der Waals surface area contributed by atoms with E-state index in [-0.39, 0.29) is 0 Å². The van der Waals surface area contributed by atoms with Crippen LogP contribution >= 0.6 is 0 Å². The lowest BCUT2D eigenvalue weighted by Gasteiger charge is -2.31. The molecular formula is C11H26N2. The fourth-order valence-corrected chi connectivity index (χ4v) is 1.94. The van der Waals surface area contributed by atoms with Gasteiger partial charge in [0.05, 0.1) is 0 Å². The Labute approximate surface area is 83.9 Å². The Kier molecular flexibility index (Phi) is 7.29. The highest BCUT2D eigenvalue weighted by atomic mass is 15.1. The van der Waals surface area contributed by atoms with Gasteiger partial charge >= 0.3 is 0 Å². The van der Waals surface area contributed by atoms with Crippen molar-refractivity contribution in [2.45, 2.75) is 26.7 Å². The van der Waals surface area contributed by atoms with Crippen LogP contribution in [0.15, 0.2) is 0 Å². The van der Waals surface area contributed by atoms with Gasteiger partial charge in [0.15, 0.2) is 0 Å². The van der Waals surface area contributed by atoms with Gasteiger partial charge in [0.25, 0.3) is 0 Å². The summed E-state index contributed by atoms with van der Waals surface area (Å²) >= 11 is 0. The van der Waals surface area contributed by atoms with E-state index in [0.29, 0.717) is 0 Å². The summed E-state index contributed by atoms with van der Waals surface area (Å²) in [5.74, 6) is 0.906. The molecule has 1 heterocycles. The Bertz CT molecular complexity index is 111. The molecule has 0 bridgehead atoms. The molecular weight excluding hydrogens is 160 g/mol. The average Bonchev–Trinajstić information content (AvgIpc) is 2.06. The van der Waals surface area contributed by atoms with E-state index in [4.69, 9.17) is 0 Å². The van der Waals surface area contributed by atoms with Crippen LogP contribution in [0.3, 0.4) is 0 Å². The number of likely N-dealkylation sites (tertiary alicyclic amines) is 1. The molecule has 1 saturated heterocycles. The van der Waals surface area contributed by atoms with Crippen molar-refractivity contribution in [3.8, 4) is 0 Å². The molecule has 1 rings (SSSR count). The smallest absolute Gasteiger partial charge is 0.00188 e. The van der Waals surface area contributed by atoms with Crippen molar-refractivity contribution < 1.29 is 0 Å². The molecule has 1 fully saturated rings. The molecule has 0 saturated carbocycles. The Hall–Kier alpha value is -0.0800. The Morgan fingerprint density at radius 3 is 2.38 bits per heavy atom. The maximum Gasteiger partial charge on any atom is 0.00188 e. The molecule has 1 atom stereocenters. The first-order chi connectivity index (χ1) is 6.18. The Morgan fingerprint density at radius 2 is 1.92 bits per heavy atom. The first-order valence-electron chi connectivity index (χ1n) is 5.52. The molecule has 80 valence electrons. The molecule has 0 aliphatic carbocycles. The van der Waals surface area contributed by atoms with Gasteiger partial charge in [0, 0.05) is 13.1 Å². The van der Waals surface area contributed by atoms with Crippen LogP contribution in [0.1, 0.15) is 26.7 Å². The molecule has 0 N–H and O–H groups in total. The van der Waals surface area contributed by atoms with Crippen LogP contribution < -0.4 is 0 Å². The predicted molar refractivity (Wildman–Crippen MR) is 60.1 cm³/mol. The molecule has 2 heteroatoms. The van der Waals surface area contributed by atoms with E-state index < -0.39 is 0 Å². The number of nitrogens with zero attached hydrogens (tertiary/aromatic N) is 2. The largest absolute Gasteiger partial charge is 0.309 e. The third-order valence-corrected chi connectivity index (χ3v) is 2.35. The van der Waals surface area contributed by atoms with Gasteiger partial charge in [-0.1, -0.05) is 13.8 Å². The normalized spacial score (nSPS) is 24.0. The van der Waals surface area contributed by atoms with Crippen LogP contribution in [0.4, 0.5) is 0 Å². The third kappa shape index (κ3) is 6.05. The highest BCUT2D eigenvalue weighted by Crippen LogP contribution is 2.14. The molecule has 2 nitrogen and oxygen atoms in total. The number of rotatable bonds is 2. The summed E-state index contributed by atoms with van der Waals surface area (Å²) < 4.78 is 0. The van der Waals surface area contributed by atoms with Crippen LogP contribution in [0.5, 0.6) is 0 Å². The van der Waals surface area contributed by atoms with Gasteiger partial charge < -0.3 is 9.80 Å². The fraction of sp³-hybridized carbons (Fsp3) is 1.00. The third-order valence-electron chi connectivity index (χ3n) is 2.35. The second kappa shape index (κ2) is 7.34. The van der Waals surface area contributed by atoms with Crippen LogP contribution in [-0.4, -0.2) is 50.6 Å². The lowest BCUT2D eigenvalue weighted by atomic mass is 9.98. The summed E-state index contributed by atoms with van der Waals surface area (Å²) in [5.41, 5.74) is 0. The molecule has 1 unspecified atom stereocenters. The summed E-state index contributed by atoms with van der Waals surface area (Å²) in [6.07, 6.45) is 2.80. The zero-order valence-corrected chi connectivity index (χ0v) is 10.0. The fourth-order valence-electron chi connectivity index (χ4n) is 1.94. The Balaban J connectivity index is 0.000000671. The Morgan fingerprint density at radius 1 is 1.31 bits per heavy atom.